The fourth-order valence-corrected chi connectivity index (χ4v) is 2.27. The molecule has 0 bridgehead atoms. The molecule has 1 saturated heterocycles. The quantitative estimate of drug-likeness (QED) is 0.898. The molecule has 4 heteroatoms. The minimum absolute atomic E-state index is 0. The Bertz CT molecular complexity index is 337. The summed E-state index contributed by atoms with van der Waals surface area (Å²) in [6.45, 7) is 5.57. The minimum Gasteiger partial charge on any atom is -0.359 e. The highest BCUT2D eigenvalue weighted by Crippen LogP contribution is 2.17. The lowest BCUT2D eigenvalue weighted by molar-refractivity contribution is 0.377. The molecule has 0 radical (unpaired) electrons. The predicted octanol–water partition coefficient (Wildman–Crippen LogP) is 2.25. The molecule has 2 heterocycles. The highest BCUT2D eigenvalue weighted by Gasteiger charge is 2.15. The molecule has 1 aliphatic heterocycles. The number of piperidine rings is 1. The summed E-state index contributed by atoms with van der Waals surface area (Å²) in [4.78, 5) is 6.70. The molecule has 17 heavy (non-hydrogen) atoms. The highest BCUT2D eigenvalue weighted by atomic mass is 35.5. The molecule has 3 nitrogen and oxygen atoms in total. The zero-order valence-electron chi connectivity index (χ0n) is 10.6. The van der Waals surface area contributed by atoms with Crippen molar-refractivity contribution in [3.63, 3.8) is 0 Å². The van der Waals surface area contributed by atoms with Crippen LogP contribution in [0.4, 0.5) is 5.82 Å². The van der Waals surface area contributed by atoms with Crippen LogP contribution in [0.15, 0.2) is 18.3 Å². The van der Waals surface area contributed by atoms with Crippen molar-refractivity contribution < 1.29 is 0 Å². The second-order valence-electron chi connectivity index (χ2n) is 4.77. The molecule has 0 unspecified atom stereocenters. The van der Waals surface area contributed by atoms with Gasteiger partial charge in [-0.2, -0.15) is 0 Å². The zero-order valence-corrected chi connectivity index (χ0v) is 11.5. The largest absolute Gasteiger partial charge is 0.359 e. The van der Waals surface area contributed by atoms with Crippen LogP contribution in [-0.2, 0) is 0 Å². The topological polar surface area (TPSA) is 28.2 Å². The van der Waals surface area contributed by atoms with Gasteiger partial charge in [-0.25, -0.2) is 4.98 Å². The van der Waals surface area contributed by atoms with E-state index in [9.17, 15) is 0 Å². The average Bonchev–Trinajstić information content (AvgIpc) is 2.30. The van der Waals surface area contributed by atoms with Crippen LogP contribution in [0.25, 0.3) is 0 Å². The number of hydrogen-bond donors (Lipinski definition) is 1. The van der Waals surface area contributed by atoms with Crippen LogP contribution in [0.3, 0.4) is 0 Å². The monoisotopic (exact) mass is 255 g/mol. The van der Waals surface area contributed by atoms with Crippen molar-refractivity contribution in [1.82, 2.24) is 10.3 Å². The van der Waals surface area contributed by atoms with E-state index in [0.717, 1.165) is 18.3 Å². The number of rotatable bonds is 3. The van der Waals surface area contributed by atoms with E-state index >= 15 is 0 Å². The number of anilines is 1. The van der Waals surface area contributed by atoms with Gasteiger partial charge in [0.1, 0.15) is 5.82 Å². The molecule has 0 spiro atoms. The SMILES string of the molecule is Cc1ccnc(N(C)CC2CCNCC2)c1.Cl. The Hall–Kier alpha value is -0.800. The van der Waals surface area contributed by atoms with E-state index in [4.69, 9.17) is 0 Å². The first-order chi connectivity index (χ1) is 7.75. The number of aromatic nitrogens is 1. The third kappa shape index (κ3) is 4.17. The lowest BCUT2D eigenvalue weighted by atomic mass is 9.98. The van der Waals surface area contributed by atoms with E-state index in [0.29, 0.717) is 0 Å². The molecule has 1 aromatic heterocycles. The Labute approximate surface area is 110 Å². The van der Waals surface area contributed by atoms with Gasteiger partial charge >= 0.3 is 0 Å². The molecule has 2 rings (SSSR count). The van der Waals surface area contributed by atoms with Crippen molar-refractivity contribution in [1.29, 1.82) is 0 Å². The van der Waals surface area contributed by atoms with Gasteiger partial charge in [-0.3, -0.25) is 0 Å². The summed E-state index contributed by atoms with van der Waals surface area (Å²) in [6, 6.07) is 4.20. The summed E-state index contributed by atoms with van der Waals surface area (Å²) in [6.07, 6.45) is 4.47. The number of nitrogens with one attached hydrogen (secondary N) is 1. The molecular weight excluding hydrogens is 234 g/mol. The molecule has 0 aliphatic carbocycles. The number of aryl methyl sites for hydroxylation is 1. The molecule has 1 N–H and O–H groups in total. The van der Waals surface area contributed by atoms with Crippen molar-refractivity contribution in [3.8, 4) is 0 Å². The Kier molecular flexibility index (Phi) is 5.72. The highest BCUT2D eigenvalue weighted by molar-refractivity contribution is 5.85. The Morgan fingerprint density at radius 2 is 2.12 bits per heavy atom. The van der Waals surface area contributed by atoms with Crippen LogP contribution in [0.1, 0.15) is 18.4 Å². The Morgan fingerprint density at radius 3 is 2.76 bits per heavy atom. The number of hydrogen-bond acceptors (Lipinski definition) is 3. The zero-order chi connectivity index (χ0) is 11.4. The van der Waals surface area contributed by atoms with Gasteiger partial charge in [-0.1, -0.05) is 0 Å². The fourth-order valence-electron chi connectivity index (χ4n) is 2.27. The van der Waals surface area contributed by atoms with Crippen LogP contribution in [-0.4, -0.2) is 31.7 Å². The van der Waals surface area contributed by atoms with Gasteiger partial charge in [0, 0.05) is 19.8 Å². The van der Waals surface area contributed by atoms with E-state index in [1.807, 2.05) is 12.3 Å². The predicted molar refractivity (Wildman–Crippen MR) is 75.1 cm³/mol. The molecule has 96 valence electrons. The summed E-state index contributed by atoms with van der Waals surface area (Å²) in [5.41, 5.74) is 1.28. The van der Waals surface area contributed by atoms with Crippen LogP contribution in [0.5, 0.6) is 0 Å². The molecule has 1 fully saturated rings. The van der Waals surface area contributed by atoms with Crippen molar-refractivity contribution in [2.24, 2.45) is 5.92 Å². The summed E-state index contributed by atoms with van der Waals surface area (Å²) in [7, 11) is 2.14. The van der Waals surface area contributed by atoms with E-state index in [1.54, 1.807) is 0 Å². The summed E-state index contributed by atoms with van der Waals surface area (Å²) < 4.78 is 0. The third-order valence-electron chi connectivity index (χ3n) is 3.28. The first-order valence-corrected chi connectivity index (χ1v) is 6.10. The van der Waals surface area contributed by atoms with Gasteiger partial charge in [0.25, 0.3) is 0 Å². The summed E-state index contributed by atoms with van der Waals surface area (Å²) in [5, 5.41) is 3.40. The van der Waals surface area contributed by atoms with Crippen LogP contribution in [0, 0.1) is 12.8 Å². The fraction of sp³-hybridized carbons (Fsp3) is 0.615. The van der Waals surface area contributed by atoms with Gasteiger partial charge in [0.15, 0.2) is 0 Å². The normalized spacial score (nSPS) is 16.4. The van der Waals surface area contributed by atoms with E-state index in [-0.39, 0.29) is 12.4 Å². The van der Waals surface area contributed by atoms with Crippen LogP contribution < -0.4 is 10.2 Å². The van der Waals surface area contributed by atoms with E-state index in [2.05, 4.69) is 35.2 Å². The number of halogens is 1. The minimum atomic E-state index is 0. The maximum Gasteiger partial charge on any atom is 0.128 e. The van der Waals surface area contributed by atoms with Gasteiger partial charge in [-0.05, 0) is 56.5 Å². The lowest BCUT2D eigenvalue weighted by Crippen LogP contribution is -2.34. The van der Waals surface area contributed by atoms with Gasteiger partial charge in [0.05, 0.1) is 0 Å². The van der Waals surface area contributed by atoms with Gasteiger partial charge < -0.3 is 10.2 Å². The first kappa shape index (κ1) is 14.3. The van der Waals surface area contributed by atoms with Crippen LogP contribution >= 0.6 is 12.4 Å². The Morgan fingerprint density at radius 1 is 1.41 bits per heavy atom. The molecule has 0 atom stereocenters. The van der Waals surface area contributed by atoms with Crippen molar-refractivity contribution in [3.05, 3.63) is 23.9 Å². The summed E-state index contributed by atoms with van der Waals surface area (Å²) in [5.74, 6) is 1.91. The van der Waals surface area contributed by atoms with Crippen molar-refractivity contribution in [2.45, 2.75) is 19.8 Å². The number of pyridine rings is 1. The van der Waals surface area contributed by atoms with Crippen LogP contribution in [0.2, 0.25) is 0 Å². The van der Waals surface area contributed by atoms with Crippen molar-refractivity contribution in [2.75, 3.05) is 31.6 Å². The molecule has 0 aromatic carbocycles. The molecule has 1 aliphatic rings. The molecule has 0 amide bonds. The van der Waals surface area contributed by atoms with Gasteiger partial charge in [-0.15, -0.1) is 12.4 Å². The standard InChI is InChI=1S/C13H21N3.ClH/c1-11-3-8-15-13(9-11)16(2)10-12-4-6-14-7-5-12;/h3,8-9,12,14H,4-7,10H2,1-2H3;1H. The van der Waals surface area contributed by atoms with E-state index < -0.39 is 0 Å². The third-order valence-corrected chi connectivity index (χ3v) is 3.28. The first-order valence-electron chi connectivity index (χ1n) is 6.10. The molecular formula is C13H22ClN3. The number of nitrogens with zero attached hydrogens (tertiary/aromatic N) is 2. The second kappa shape index (κ2) is 6.82. The van der Waals surface area contributed by atoms with Crippen molar-refractivity contribution >= 4 is 18.2 Å². The molecule has 0 saturated carbocycles. The van der Waals surface area contributed by atoms with E-state index in [1.165, 1.54) is 31.5 Å². The smallest absolute Gasteiger partial charge is 0.128 e. The van der Waals surface area contributed by atoms with Gasteiger partial charge in [0.2, 0.25) is 0 Å². The summed E-state index contributed by atoms with van der Waals surface area (Å²) >= 11 is 0. The average molecular weight is 256 g/mol. The maximum absolute atomic E-state index is 4.42. The maximum atomic E-state index is 4.42. The molecule has 1 aromatic rings. The second-order valence-corrected chi connectivity index (χ2v) is 4.77. The lowest BCUT2D eigenvalue weighted by Gasteiger charge is -2.28. The Balaban J connectivity index is 0.00000144.